The van der Waals surface area contributed by atoms with Crippen molar-refractivity contribution in [3.63, 3.8) is 0 Å². The van der Waals surface area contributed by atoms with Gasteiger partial charge in [-0.2, -0.15) is 0 Å². The first-order valence-corrected chi connectivity index (χ1v) is 10.2. The van der Waals surface area contributed by atoms with E-state index in [9.17, 15) is 9.59 Å². The lowest BCUT2D eigenvalue weighted by Gasteiger charge is -2.35. The number of hydrogen-bond donors (Lipinski definition) is 1. The minimum Gasteiger partial charge on any atom is -0.494 e. The molecule has 7 nitrogen and oxygen atoms in total. The van der Waals surface area contributed by atoms with Gasteiger partial charge < -0.3 is 24.6 Å². The van der Waals surface area contributed by atoms with Gasteiger partial charge in [0.1, 0.15) is 5.75 Å². The van der Waals surface area contributed by atoms with Crippen LogP contribution in [0.25, 0.3) is 0 Å². The van der Waals surface area contributed by atoms with Gasteiger partial charge in [-0.15, -0.1) is 0 Å². The Morgan fingerprint density at radius 2 is 1.80 bits per heavy atom. The number of ether oxygens (including phenoxy) is 2. The first-order valence-electron chi connectivity index (χ1n) is 10.2. The molecule has 2 aromatic carbocycles. The van der Waals surface area contributed by atoms with Crippen molar-refractivity contribution >= 4 is 23.3 Å². The molecule has 1 N–H and O–H groups in total. The van der Waals surface area contributed by atoms with Gasteiger partial charge in [0.25, 0.3) is 5.91 Å². The smallest absolute Gasteiger partial charge is 0.337 e. The quantitative estimate of drug-likeness (QED) is 0.705. The van der Waals surface area contributed by atoms with E-state index in [4.69, 9.17) is 9.47 Å². The Morgan fingerprint density at radius 3 is 2.50 bits per heavy atom. The minimum absolute atomic E-state index is 0.255. The molecule has 0 spiro atoms. The van der Waals surface area contributed by atoms with E-state index in [2.05, 4.69) is 22.2 Å². The van der Waals surface area contributed by atoms with Crippen LogP contribution in [0.1, 0.15) is 34.1 Å². The van der Waals surface area contributed by atoms with Gasteiger partial charge >= 0.3 is 5.97 Å². The molecule has 1 saturated heterocycles. The summed E-state index contributed by atoms with van der Waals surface area (Å²) >= 11 is 0. The van der Waals surface area contributed by atoms with Crippen LogP contribution in [-0.4, -0.2) is 63.7 Å². The molecule has 0 aromatic heterocycles. The number of carbonyl (C=O) groups is 2. The lowest BCUT2D eigenvalue weighted by Crippen LogP contribution is -2.44. The normalized spacial score (nSPS) is 14.3. The molecule has 3 rings (SSSR count). The summed E-state index contributed by atoms with van der Waals surface area (Å²) in [4.78, 5) is 29.5. The molecule has 7 heteroatoms. The van der Waals surface area contributed by atoms with E-state index in [0.29, 0.717) is 29.2 Å². The molecule has 0 atom stereocenters. The number of hydrogen-bond acceptors (Lipinski definition) is 6. The first kappa shape index (κ1) is 21.6. The summed E-state index contributed by atoms with van der Waals surface area (Å²) in [7, 11) is 3.44. The summed E-state index contributed by atoms with van der Waals surface area (Å²) in [6.07, 6.45) is 0.894. The number of nitrogens with one attached hydrogen (secondary N) is 1. The Labute approximate surface area is 177 Å². The molecular formula is C23H29N3O4. The van der Waals surface area contributed by atoms with E-state index in [-0.39, 0.29) is 5.91 Å². The average molecular weight is 412 g/mol. The highest BCUT2D eigenvalue weighted by Crippen LogP contribution is 2.29. The topological polar surface area (TPSA) is 71.1 Å². The van der Waals surface area contributed by atoms with Crippen LogP contribution in [0.2, 0.25) is 0 Å². The SMILES string of the molecule is CCCOc1cccc(C(=O)Nc2cc(C(=O)OC)ccc2N2CCN(C)CC2)c1. The van der Waals surface area contributed by atoms with E-state index >= 15 is 0 Å². The Balaban J connectivity index is 1.86. The van der Waals surface area contributed by atoms with Gasteiger partial charge in [-0.05, 0) is 49.9 Å². The summed E-state index contributed by atoms with van der Waals surface area (Å²) in [5.74, 6) is -0.0353. The van der Waals surface area contributed by atoms with Gasteiger partial charge in [-0.1, -0.05) is 13.0 Å². The Hall–Kier alpha value is -3.06. The van der Waals surface area contributed by atoms with Gasteiger partial charge in [0.05, 0.1) is 30.7 Å². The second-order valence-electron chi connectivity index (χ2n) is 7.34. The summed E-state index contributed by atoms with van der Waals surface area (Å²) in [5, 5.41) is 2.98. The molecule has 0 aliphatic carbocycles. The Kier molecular flexibility index (Phi) is 7.30. The maximum Gasteiger partial charge on any atom is 0.337 e. The van der Waals surface area contributed by atoms with Crippen LogP contribution < -0.4 is 15.0 Å². The van der Waals surface area contributed by atoms with Crippen LogP contribution in [0.4, 0.5) is 11.4 Å². The summed E-state index contributed by atoms with van der Waals surface area (Å²) in [5.41, 5.74) is 2.37. The molecular weight excluding hydrogens is 382 g/mol. The molecule has 30 heavy (non-hydrogen) atoms. The van der Waals surface area contributed by atoms with Gasteiger partial charge in [0.15, 0.2) is 0 Å². The number of amides is 1. The number of benzene rings is 2. The zero-order chi connectivity index (χ0) is 21.5. The molecule has 0 bridgehead atoms. The standard InChI is InChI=1S/C23H29N3O4/c1-4-14-30-19-7-5-6-17(15-19)22(27)24-20-16-18(23(28)29-3)8-9-21(20)26-12-10-25(2)11-13-26/h5-9,15-16H,4,10-14H2,1-3H3,(H,24,27). The highest BCUT2D eigenvalue weighted by atomic mass is 16.5. The number of rotatable bonds is 7. The van der Waals surface area contributed by atoms with Crippen molar-refractivity contribution in [1.82, 2.24) is 4.90 Å². The highest BCUT2D eigenvalue weighted by molar-refractivity contribution is 6.07. The summed E-state index contributed by atoms with van der Waals surface area (Å²) in [6, 6.07) is 12.4. The Morgan fingerprint density at radius 1 is 1.03 bits per heavy atom. The molecule has 1 amide bonds. The van der Waals surface area contributed by atoms with Crippen molar-refractivity contribution in [1.29, 1.82) is 0 Å². The largest absolute Gasteiger partial charge is 0.494 e. The van der Waals surface area contributed by atoms with Crippen molar-refractivity contribution < 1.29 is 19.1 Å². The van der Waals surface area contributed by atoms with Crippen LogP contribution in [-0.2, 0) is 4.74 Å². The van der Waals surface area contributed by atoms with Crippen molar-refractivity contribution in [2.24, 2.45) is 0 Å². The van der Waals surface area contributed by atoms with Crippen LogP contribution >= 0.6 is 0 Å². The monoisotopic (exact) mass is 411 g/mol. The maximum atomic E-state index is 13.0. The van der Waals surface area contributed by atoms with Crippen molar-refractivity contribution in [3.8, 4) is 5.75 Å². The van der Waals surface area contributed by atoms with E-state index in [1.54, 1.807) is 30.3 Å². The average Bonchev–Trinajstić information content (AvgIpc) is 2.78. The van der Waals surface area contributed by atoms with E-state index in [1.165, 1.54) is 7.11 Å². The first-order chi connectivity index (χ1) is 14.5. The molecule has 0 saturated carbocycles. The minimum atomic E-state index is -0.439. The highest BCUT2D eigenvalue weighted by Gasteiger charge is 2.20. The second kappa shape index (κ2) is 10.1. The van der Waals surface area contributed by atoms with Gasteiger partial charge in [0.2, 0.25) is 0 Å². The van der Waals surface area contributed by atoms with Crippen LogP contribution in [0.5, 0.6) is 5.75 Å². The molecule has 1 heterocycles. The van der Waals surface area contributed by atoms with Gasteiger partial charge in [0, 0.05) is 31.7 Å². The van der Waals surface area contributed by atoms with Crippen molar-refractivity contribution in [3.05, 3.63) is 53.6 Å². The van der Waals surface area contributed by atoms with Crippen molar-refractivity contribution in [2.45, 2.75) is 13.3 Å². The van der Waals surface area contributed by atoms with Gasteiger partial charge in [-0.25, -0.2) is 4.79 Å². The predicted octanol–water partition coefficient (Wildman–Crippen LogP) is 3.27. The summed E-state index contributed by atoms with van der Waals surface area (Å²) in [6.45, 7) is 6.19. The molecule has 1 aliphatic rings. The molecule has 1 fully saturated rings. The fraction of sp³-hybridized carbons (Fsp3) is 0.391. The third-order valence-electron chi connectivity index (χ3n) is 5.08. The third-order valence-corrected chi connectivity index (χ3v) is 5.08. The Bertz CT molecular complexity index is 892. The lowest BCUT2D eigenvalue weighted by molar-refractivity contribution is 0.0600. The molecule has 1 aliphatic heterocycles. The number of piperazine rings is 1. The fourth-order valence-electron chi connectivity index (χ4n) is 3.35. The van der Waals surface area contributed by atoms with Gasteiger partial charge in [-0.3, -0.25) is 4.79 Å². The van der Waals surface area contributed by atoms with E-state index < -0.39 is 5.97 Å². The zero-order valence-electron chi connectivity index (χ0n) is 17.8. The van der Waals surface area contributed by atoms with Crippen molar-refractivity contribution in [2.75, 3.05) is 57.2 Å². The van der Waals surface area contributed by atoms with Crippen LogP contribution in [0.15, 0.2) is 42.5 Å². The maximum absolute atomic E-state index is 13.0. The lowest BCUT2D eigenvalue weighted by atomic mass is 10.1. The number of likely N-dealkylation sites (N-methyl/N-ethyl adjacent to an activating group) is 1. The molecule has 160 valence electrons. The number of anilines is 2. The summed E-state index contributed by atoms with van der Waals surface area (Å²) < 4.78 is 10.5. The number of esters is 1. The molecule has 2 aromatic rings. The fourth-order valence-corrected chi connectivity index (χ4v) is 3.35. The van der Waals surface area contributed by atoms with Crippen LogP contribution in [0.3, 0.4) is 0 Å². The van der Waals surface area contributed by atoms with Crippen LogP contribution in [0, 0.1) is 0 Å². The number of carbonyl (C=O) groups excluding carboxylic acids is 2. The zero-order valence-corrected chi connectivity index (χ0v) is 17.8. The number of nitrogens with zero attached hydrogens (tertiary/aromatic N) is 2. The second-order valence-corrected chi connectivity index (χ2v) is 7.34. The molecule has 0 radical (unpaired) electrons. The predicted molar refractivity (Wildman–Crippen MR) is 118 cm³/mol. The van der Waals surface area contributed by atoms with E-state index in [0.717, 1.165) is 38.3 Å². The number of methoxy groups -OCH3 is 1. The third kappa shape index (κ3) is 5.30. The molecule has 0 unspecified atom stereocenters. The van der Waals surface area contributed by atoms with E-state index in [1.807, 2.05) is 19.1 Å².